The van der Waals surface area contributed by atoms with E-state index in [0.717, 1.165) is 5.56 Å². The highest BCUT2D eigenvalue weighted by atomic mass is 16.7. The Morgan fingerprint density at radius 2 is 1.75 bits per heavy atom. The fraction of sp³-hybridized carbons (Fsp3) is 0.261. The number of nitrogens with one attached hydrogen (secondary N) is 1. The van der Waals surface area contributed by atoms with E-state index in [-0.39, 0.29) is 6.79 Å². The first-order chi connectivity index (χ1) is 15.3. The molecule has 2 heterocycles. The number of benzene rings is 2. The standard InChI is InChI=1S/C23H23N3O6/c1-23(2,22(28)24-15-6-9-17(29-3)19(12-15)30-4)26-21(27)10-7-16(25-26)14-5-8-18-20(11-14)32-13-31-18/h5-12H,13H2,1-4H3,(H,24,28). The molecule has 1 aromatic heterocycles. The molecule has 0 spiro atoms. The zero-order valence-electron chi connectivity index (χ0n) is 18.2. The van der Waals surface area contributed by atoms with E-state index in [9.17, 15) is 9.59 Å². The Kier molecular flexibility index (Phi) is 5.48. The third-order valence-electron chi connectivity index (χ3n) is 5.20. The second kappa shape index (κ2) is 8.26. The maximum atomic E-state index is 13.1. The maximum Gasteiger partial charge on any atom is 0.267 e. The van der Waals surface area contributed by atoms with Crippen molar-refractivity contribution in [2.24, 2.45) is 0 Å². The highest BCUT2D eigenvalue weighted by Crippen LogP contribution is 2.35. The molecule has 0 fully saturated rings. The molecule has 1 N–H and O–H groups in total. The summed E-state index contributed by atoms with van der Waals surface area (Å²) in [5.41, 5.74) is 0.0768. The van der Waals surface area contributed by atoms with Gasteiger partial charge in [0.25, 0.3) is 11.5 Å². The molecule has 2 aromatic carbocycles. The number of carbonyl (C=O) groups excluding carboxylic acids is 1. The quantitative estimate of drug-likeness (QED) is 0.633. The van der Waals surface area contributed by atoms with Gasteiger partial charge in [-0.25, -0.2) is 4.68 Å². The largest absolute Gasteiger partial charge is 0.493 e. The first-order valence-electron chi connectivity index (χ1n) is 9.88. The number of hydrogen-bond acceptors (Lipinski definition) is 7. The lowest BCUT2D eigenvalue weighted by Crippen LogP contribution is -2.47. The van der Waals surface area contributed by atoms with E-state index in [4.69, 9.17) is 18.9 Å². The van der Waals surface area contributed by atoms with Crippen LogP contribution in [0.2, 0.25) is 0 Å². The summed E-state index contributed by atoms with van der Waals surface area (Å²) >= 11 is 0. The monoisotopic (exact) mass is 437 g/mol. The Bertz CT molecular complexity index is 1230. The molecule has 0 atom stereocenters. The molecular weight excluding hydrogens is 414 g/mol. The van der Waals surface area contributed by atoms with E-state index in [1.807, 2.05) is 6.07 Å². The average Bonchev–Trinajstić information content (AvgIpc) is 3.27. The Hall–Kier alpha value is -4.01. The van der Waals surface area contributed by atoms with Crippen molar-refractivity contribution in [3.05, 3.63) is 58.9 Å². The smallest absolute Gasteiger partial charge is 0.267 e. The van der Waals surface area contributed by atoms with Gasteiger partial charge in [-0.3, -0.25) is 9.59 Å². The van der Waals surface area contributed by atoms with Crippen molar-refractivity contribution in [1.29, 1.82) is 0 Å². The van der Waals surface area contributed by atoms with Crippen LogP contribution in [0.5, 0.6) is 23.0 Å². The molecule has 0 saturated carbocycles. The molecule has 1 amide bonds. The number of fused-ring (bicyclic) bond motifs is 1. The number of anilines is 1. The third-order valence-corrected chi connectivity index (χ3v) is 5.20. The molecule has 1 aliphatic heterocycles. The summed E-state index contributed by atoms with van der Waals surface area (Å²) in [5, 5.41) is 7.28. The molecule has 0 bridgehead atoms. The summed E-state index contributed by atoms with van der Waals surface area (Å²) in [7, 11) is 3.04. The van der Waals surface area contributed by atoms with Crippen molar-refractivity contribution < 1.29 is 23.7 Å². The number of carbonyl (C=O) groups is 1. The van der Waals surface area contributed by atoms with Crippen LogP contribution in [-0.4, -0.2) is 36.7 Å². The molecule has 166 valence electrons. The van der Waals surface area contributed by atoms with E-state index < -0.39 is 17.0 Å². The summed E-state index contributed by atoms with van der Waals surface area (Å²) < 4.78 is 22.4. The minimum absolute atomic E-state index is 0.162. The Labute approximate surface area is 184 Å². The van der Waals surface area contributed by atoms with Crippen molar-refractivity contribution in [1.82, 2.24) is 9.78 Å². The van der Waals surface area contributed by atoms with E-state index in [1.165, 1.54) is 25.0 Å². The Morgan fingerprint density at radius 1 is 1.00 bits per heavy atom. The van der Waals surface area contributed by atoms with Crippen LogP contribution in [0.4, 0.5) is 5.69 Å². The van der Waals surface area contributed by atoms with Crippen LogP contribution in [0, 0.1) is 0 Å². The van der Waals surface area contributed by atoms with Gasteiger partial charge < -0.3 is 24.3 Å². The zero-order valence-corrected chi connectivity index (χ0v) is 18.2. The van der Waals surface area contributed by atoms with E-state index in [2.05, 4.69) is 10.4 Å². The van der Waals surface area contributed by atoms with Gasteiger partial charge in [0.2, 0.25) is 6.79 Å². The minimum atomic E-state index is -1.28. The lowest BCUT2D eigenvalue weighted by atomic mass is 10.0. The van der Waals surface area contributed by atoms with Crippen LogP contribution in [0.25, 0.3) is 11.3 Å². The van der Waals surface area contributed by atoms with Gasteiger partial charge in [-0.15, -0.1) is 0 Å². The maximum absolute atomic E-state index is 13.1. The molecule has 0 aliphatic carbocycles. The molecule has 4 rings (SSSR count). The Morgan fingerprint density at radius 3 is 2.50 bits per heavy atom. The number of amides is 1. The van der Waals surface area contributed by atoms with Crippen molar-refractivity contribution in [2.45, 2.75) is 19.4 Å². The second-order valence-corrected chi connectivity index (χ2v) is 7.62. The SMILES string of the molecule is COc1ccc(NC(=O)C(C)(C)n2nc(-c3ccc4c(c3)OCO4)ccc2=O)cc1OC. The molecule has 9 heteroatoms. The summed E-state index contributed by atoms with van der Waals surface area (Å²) in [4.78, 5) is 25.7. The van der Waals surface area contributed by atoms with Crippen LogP contribution in [0.15, 0.2) is 53.3 Å². The zero-order chi connectivity index (χ0) is 22.9. The van der Waals surface area contributed by atoms with Crippen LogP contribution in [0.1, 0.15) is 13.8 Å². The van der Waals surface area contributed by atoms with Gasteiger partial charge in [0.05, 0.1) is 19.9 Å². The van der Waals surface area contributed by atoms with Crippen LogP contribution in [0.3, 0.4) is 0 Å². The predicted octanol–water partition coefficient (Wildman–Crippen LogP) is 3.03. The number of hydrogen-bond donors (Lipinski definition) is 1. The first kappa shape index (κ1) is 21.2. The Balaban J connectivity index is 1.64. The molecule has 0 saturated heterocycles. The van der Waals surface area contributed by atoms with Crippen LogP contribution in [-0.2, 0) is 10.3 Å². The molecule has 0 radical (unpaired) electrons. The first-order valence-corrected chi connectivity index (χ1v) is 9.88. The third kappa shape index (κ3) is 3.84. The fourth-order valence-corrected chi connectivity index (χ4v) is 3.32. The number of ether oxygens (including phenoxy) is 4. The van der Waals surface area contributed by atoms with Gasteiger partial charge >= 0.3 is 0 Å². The molecular formula is C23H23N3O6. The molecule has 9 nitrogen and oxygen atoms in total. The van der Waals surface area contributed by atoms with Gasteiger partial charge in [-0.05, 0) is 50.2 Å². The summed E-state index contributed by atoms with van der Waals surface area (Å²) in [6.45, 7) is 3.41. The van der Waals surface area contributed by atoms with Gasteiger partial charge in [-0.1, -0.05) is 0 Å². The number of aromatic nitrogens is 2. The van der Waals surface area contributed by atoms with Gasteiger partial charge in [0.1, 0.15) is 5.54 Å². The molecule has 1 aliphatic rings. The van der Waals surface area contributed by atoms with Gasteiger partial charge in [-0.2, -0.15) is 5.10 Å². The van der Waals surface area contributed by atoms with Gasteiger partial charge in [0, 0.05) is 23.4 Å². The lowest BCUT2D eigenvalue weighted by Gasteiger charge is -2.25. The highest BCUT2D eigenvalue weighted by Gasteiger charge is 2.32. The number of methoxy groups -OCH3 is 2. The summed E-state index contributed by atoms with van der Waals surface area (Å²) in [6, 6.07) is 13.4. The van der Waals surface area contributed by atoms with E-state index in [0.29, 0.717) is 34.4 Å². The van der Waals surface area contributed by atoms with Crippen molar-refractivity contribution in [3.63, 3.8) is 0 Å². The second-order valence-electron chi connectivity index (χ2n) is 7.62. The van der Waals surface area contributed by atoms with Gasteiger partial charge in [0.15, 0.2) is 23.0 Å². The summed E-state index contributed by atoms with van der Waals surface area (Å²) in [6.07, 6.45) is 0. The molecule has 3 aromatic rings. The number of rotatable bonds is 6. The van der Waals surface area contributed by atoms with Crippen LogP contribution >= 0.6 is 0 Å². The van der Waals surface area contributed by atoms with Crippen molar-refractivity contribution in [3.8, 4) is 34.3 Å². The minimum Gasteiger partial charge on any atom is -0.493 e. The topological polar surface area (TPSA) is 101 Å². The molecule has 32 heavy (non-hydrogen) atoms. The number of nitrogens with zero attached hydrogens (tertiary/aromatic N) is 2. The van der Waals surface area contributed by atoms with E-state index >= 15 is 0 Å². The highest BCUT2D eigenvalue weighted by molar-refractivity contribution is 5.96. The molecule has 0 unspecified atom stereocenters. The van der Waals surface area contributed by atoms with E-state index in [1.54, 1.807) is 50.2 Å². The predicted molar refractivity (Wildman–Crippen MR) is 118 cm³/mol. The fourth-order valence-electron chi connectivity index (χ4n) is 3.32. The normalized spacial score (nSPS) is 12.4. The van der Waals surface area contributed by atoms with Crippen LogP contribution < -0.4 is 29.8 Å². The average molecular weight is 437 g/mol. The van der Waals surface area contributed by atoms with Crippen molar-refractivity contribution >= 4 is 11.6 Å². The van der Waals surface area contributed by atoms with Crippen molar-refractivity contribution in [2.75, 3.05) is 26.3 Å². The lowest BCUT2D eigenvalue weighted by molar-refractivity contribution is -0.123. The summed E-state index contributed by atoms with van der Waals surface area (Å²) in [5.74, 6) is 1.86.